The SMILES string of the molecule is Cc1ncsc1C(=O)NCc1cccnc1OCC(F)(F)F. The van der Waals surface area contributed by atoms with Gasteiger partial charge in [0.25, 0.3) is 5.91 Å². The van der Waals surface area contributed by atoms with E-state index in [4.69, 9.17) is 0 Å². The largest absolute Gasteiger partial charge is 0.468 e. The lowest BCUT2D eigenvalue weighted by Crippen LogP contribution is -2.24. The quantitative estimate of drug-likeness (QED) is 0.915. The molecule has 22 heavy (non-hydrogen) atoms. The zero-order valence-electron chi connectivity index (χ0n) is 11.5. The topological polar surface area (TPSA) is 64.1 Å². The van der Waals surface area contributed by atoms with Crippen LogP contribution in [-0.2, 0) is 6.54 Å². The Morgan fingerprint density at radius 3 is 2.82 bits per heavy atom. The molecule has 0 saturated carbocycles. The molecule has 0 aromatic carbocycles. The average molecular weight is 331 g/mol. The maximum Gasteiger partial charge on any atom is 0.422 e. The Balaban J connectivity index is 2.01. The summed E-state index contributed by atoms with van der Waals surface area (Å²) in [6.07, 6.45) is -3.12. The first-order valence-electron chi connectivity index (χ1n) is 6.18. The van der Waals surface area contributed by atoms with Gasteiger partial charge in [0.05, 0.1) is 11.2 Å². The minimum absolute atomic E-state index is 0.0111. The summed E-state index contributed by atoms with van der Waals surface area (Å²) >= 11 is 1.19. The lowest BCUT2D eigenvalue weighted by molar-refractivity contribution is -0.154. The first kappa shape index (κ1) is 16.2. The molecule has 2 heterocycles. The van der Waals surface area contributed by atoms with Gasteiger partial charge in [-0.1, -0.05) is 6.07 Å². The van der Waals surface area contributed by atoms with Crippen LogP contribution in [0.3, 0.4) is 0 Å². The first-order valence-corrected chi connectivity index (χ1v) is 7.06. The van der Waals surface area contributed by atoms with Gasteiger partial charge in [-0.25, -0.2) is 9.97 Å². The zero-order valence-corrected chi connectivity index (χ0v) is 12.3. The predicted octanol–water partition coefficient (Wildman–Crippen LogP) is 2.72. The number of nitrogens with zero attached hydrogens (tertiary/aromatic N) is 2. The molecular weight excluding hydrogens is 319 g/mol. The molecule has 1 amide bonds. The van der Waals surface area contributed by atoms with Crippen molar-refractivity contribution in [1.82, 2.24) is 15.3 Å². The highest BCUT2D eigenvalue weighted by molar-refractivity contribution is 7.11. The number of rotatable bonds is 5. The third-order valence-corrected chi connectivity index (χ3v) is 3.54. The van der Waals surface area contributed by atoms with Gasteiger partial charge in [0.15, 0.2) is 6.61 Å². The fraction of sp³-hybridized carbons (Fsp3) is 0.308. The maximum absolute atomic E-state index is 12.2. The van der Waals surface area contributed by atoms with Gasteiger partial charge in [0.2, 0.25) is 5.88 Å². The molecule has 1 N–H and O–H groups in total. The maximum atomic E-state index is 12.2. The van der Waals surface area contributed by atoms with Gasteiger partial charge < -0.3 is 10.1 Å². The molecule has 0 bridgehead atoms. The minimum Gasteiger partial charge on any atom is -0.468 e. The Bertz CT molecular complexity index is 658. The van der Waals surface area contributed by atoms with Crippen LogP contribution in [0, 0.1) is 6.92 Å². The number of aryl methyl sites for hydroxylation is 1. The number of hydrogen-bond acceptors (Lipinski definition) is 5. The van der Waals surface area contributed by atoms with Gasteiger partial charge >= 0.3 is 6.18 Å². The molecule has 0 fully saturated rings. The molecule has 0 saturated heterocycles. The van der Waals surface area contributed by atoms with Crippen LogP contribution in [0.1, 0.15) is 20.9 Å². The average Bonchev–Trinajstić information content (AvgIpc) is 2.89. The molecule has 9 heteroatoms. The summed E-state index contributed by atoms with van der Waals surface area (Å²) in [7, 11) is 0. The molecule has 0 atom stereocenters. The number of thiazole rings is 1. The van der Waals surface area contributed by atoms with Crippen LogP contribution in [-0.4, -0.2) is 28.7 Å². The Morgan fingerprint density at radius 1 is 1.41 bits per heavy atom. The van der Waals surface area contributed by atoms with Crippen molar-refractivity contribution < 1.29 is 22.7 Å². The third-order valence-electron chi connectivity index (χ3n) is 2.61. The van der Waals surface area contributed by atoms with Crippen LogP contribution in [0.15, 0.2) is 23.8 Å². The predicted molar refractivity (Wildman–Crippen MR) is 73.8 cm³/mol. The number of carbonyl (C=O) groups is 1. The van der Waals surface area contributed by atoms with Gasteiger partial charge in [-0.2, -0.15) is 13.2 Å². The third kappa shape index (κ3) is 4.42. The normalized spacial score (nSPS) is 11.3. The molecule has 0 aliphatic rings. The smallest absolute Gasteiger partial charge is 0.422 e. The number of carbonyl (C=O) groups excluding carboxylic acids is 1. The van der Waals surface area contributed by atoms with E-state index in [9.17, 15) is 18.0 Å². The van der Waals surface area contributed by atoms with E-state index in [0.717, 1.165) is 0 Å². The first-order chi connectivity index (χ1) is 10.4. The second-order valence-electron chi connectivity index (χ2n) is 4.32. The second-order valence-corrected chi connectivity index (χ2v) is 5.18. The fourth-order valence-electron chi connectivity index (χ4n) is 1.61. The Hall–Kier alpha value is -2.16. The molecule has 0 radical (unpaired) electrons. The summed E-state index contributed by atoms with van der Waals surface area (Å²) in [5.41, 5.74) is 2.51. The molecule has 0 aliphatic heterocycles. The number of ether oxygens (including phenoxy) is 1. The lowest BCUT2D eigenvalue weighted by Gasteiger charge is -2.12. The highest BCUT2D eigenvalue weighted by Crippen LogP contribution is 2.20. The number of halogens is 3. The molecule has 118 valence electrons. The van der Waals surface area contributed by atoms with Crippen molar-refractivity contribution in [3.05, 3.63) is 40.0 Å². The van der Waals surface area contributed by atoms with Crippen molar-refractivity contribution in [2.24, 2.45) is 0 Å². The summed E-state index contributed by atoms with van der Waals surface area (Å²) in [6.45, 7) is 0.281. The number of pyridine rings is 1. The highest BCUT2D eigenvalue weighted by Gasteiger charge is 2.29. The van der Waals surface area contributed by atoms with E-state index in [1.54, 1.807) is 24.6 Å². The van der Waals surface area contributed by atoms with Gasteiger partial charge in [-0.3, -0.25) is 4.79 Å². The lowest BCUT2D eigenvalue weighted by atomic mass is 10.2. The van der Waals surface area contributed by atoms with Crippen molar-refractivity contribution in [2.45, 2.75) is 19.6 Å². The number of alkyl halides is 3. The van der Waals surface area contributed by atoms with Crippen LogP contribution in [0.25, 0.3) is 0 Å². The molecule has 5 nitrogen and oxygen atoms in total. The number of amides is 1. The summed E-state index contributed by atoms with van der Waals surface area (Å²) < 4.78 is 41.2. The standard InChI is InChI=1S/C13H12F3N3O2S/c1-8-10(22-7-19-8)11(20)18-5-9-3-2-4-17-12(9)21-6-13(14,15)16/h2-4,7H,5-6H2,1H3,(H,18,20). The van der Waals surface area contributed by atoms with Crippen molar-refractivity contribution >= 4 is 17.2 Å². The zero-order chi connectivity index (χ0) is 16.2. The second kappa shape index (κ2) is 6.73. The van der Waals surface area contributed by atoms with Crippen LogP contribution in [0.5, 0.6) is 5.88 Å². The van der Waals surface area contributed by atoms with Crippen LogP contribution in [0.2, 0.25) is 0 Å². The summed E-state index contributed by atoms with van der Waals surface area (Å²) in [6, 6.07) is 3.10. The van der Waals surface area contributed by atoms with Gasteiger partial charge in [0, 0.05) is 18.3 Å². The minimum atomic E-state index is -4.45. The Kier molecular flexibility index (Phi) is 4.96. The molecule has 2 rings (SSSR count). The molecule has 0 spiro atoms. The number of aromatic nitrogens is 2. The molecular formula is C13H12F3N3O2S. The highest BCUT2D eigenvalue weighted by atomic mass is 32.1. The van der Waals surface area contributed by atoms with Crippen molar-refractivity contribution in [2.75, 3.05) is 6.61 Å². The van der Waals surface area contributed by atoms with E-state index in [-0.39, 0.29) is 18.3 Å². The molecule has 2 aromatic rings. The van der Waals surface area contributed by atoms with E-state index >= 15 is 0 Å². The van der Waals surface area contributed by atoms with Crippen LogP contribution in [0.4, 0.5) is 13.2 Å². The van der Waals surface area contributed by atoms with Crippen molar-refractivity contribution in [1.29, 1.82) is 0 Å². The van der Waals surface area contributed by atoms with E-state index in [1.165, 1.54) is 17.5 Å². The van der Waals surface area contributed by atoms with E-state index in [2.05, 4.69) is 20.0 Å². The summed E-state index contributed by atoms with van der Waals surface area (Å²) in [4.78, 5) is 20.1. The monoisotopic (exact) mass is 331 g/mol. The van der Waals surface area contributed by atoms with Crippen LogP contribution < -0.4 is 10.1 Å². The number of nitrogens with one attached hydrogen (secondary N) is 1. The van der Waals surface area contributed by atoms with E-state index in [1.807, 2.05) is 0 Å². The molecule has 2 aromatic heterocycles. The summed E-state index contributed by atoms with van der Waals surface area (Å²) in [5, 5.41) is 2.61. The van der Waals surface area contributed by atoms with Crippen molar-refractivity contribution in [3.8, 4) is 5.88 Å². The fourth-order valence-corrected chi connectivity index (χ4v) is 2.33. The van der Waals surface area contributed by atoms with Gasteiger partial charge in [-0.05, 0) is 13.0 Å². The van der Waals surface area contributed by atoms with Crippen molar-refractivity contribution in [3.63, 3.8) is 0 Å². The Morgan fingerprint density at radius 2 is 2.18 bits per heavy atom. The molecule has 0 unspecified atom stereocenters. The van der Waals surface area contributed by atoms with Gasteiger partial charge in [-0.15, -0.1) is 11.3 Å². The number of hydrogen-bond donors (Lipinski definition) is 1. The van der Waals surface area contributed by atoms with Crippen LogP contribution >= 0.6 is 11.3 Å². The molecule has 0 aliphatic carbocycles. The van der Waals surface area contributed by atoms with E-state index in [0.29, 0.717) is 16.1 Å². The Labute approximate surface area is 128 Å². The van der Waals surface area contributed by atoms with Gasteiger partial charge in [0.1, 0.15) is 4.88 Å². The summed E-state index contributed by atoms with van der Waals surface area (Å²) in [5.74, 6) is -0.494. The van der Waals surface area contributed by atoms with E-state index < -0.39 is 12.8 Å².